The van der Waals surface area contributed by atoms with Gasteiger partial charge < -0.3 is 16.4 Å². The van der Waals surface area contributed by atoms with Crippen LogP contribution in [0.25, 0.3) is 0 Å². The highest BCUT2D eigenvalue weighted by molar-refractivity contribution is 5.95. The maximum atomic E-state index is 12.3. The molecule has 2 aromatic rings. The molecule has 98 valence electrons. The van der Waals surface area contributed by atoms with Crippen LogP contribution in [-0.2, 0) is 6.54 Å². The summed E-state index contributed by atoms with van der Waals surface area (Å²) in [6.45, 7) is 0.510. The van der Waals surface area contributed by atoms with Crippen molar-refractivity contribution in [2.24, 2.45) is 0 Å². The molecule has 4 N–H and O–H groups in total. The van der Waals surface area contributed by atoms with E-state index in [0.717, 1.165) is 5.56 Å². The Morgan fingerprint density at radius 2 is 1.74 bits per heavy atom. The first-order chi connectivity index (χ1) is 9.06. The van der Waals surface area contributed by atoms with Gasteiger partial charge in [0.1, 0.15) is 0 Å². The second kappa shape index (κ2) is 5.39. The number of hydrogen-bond donors (Lipinski definition) is 2. The lowest BCUT2D eigenvalue weighted by Gasteiger charge is -2.17. The van der Waals surface area contributed by atoms with Crippen molar-refractivity contribution in [2.75, 3.05) is 18.5 Å². The lowest BCUT2D eigenvalue weighted by Crippen LogP contribution is -2.26. The lowest BCUT2D eigenvalue weighted by atomic mass is 10.1. The van der Waals surface area contributed by atoms with Crippen LogP contribution in [0.15, 0.2) is 42.7 Å². The molecule has 2 rings (SSSR count). The fourth-order valence-corrected chi connectivity index (χ4v) is 1.85. The molecule has 0 aliphatic carbocycles. The van der Waals surface area contributed by atoms with Gasteiger partial charge in [0, 0.05) is 42.9 Å². The van der Waals surface area contributed by atoms with Crippen molar-refractivity contribution in [1.82, 2.24) is 9.88 Å². The molecule has 0 unspecified atom stereocenters. The number of nitrogens with zero attached hydrogens (tertiary/aromatic N) is 2. The van der Waals surface area contributed by atoms with Gasteiger partial charge in [0.15, 0.2) is 0 Å². The van der Waals surface area contributed by atoms with E-state index in [-0.39, 0.29) is 5.91 Å². The number of amides is 1. The van der Waals surface area contributed by atoms with E-state index in [9.17, 15) is 4.79 Å². The summed E-state index contributed by atoms with van der Waals surface area (Å²) in [6.07, 6.45) is 3.40. The normalized spacial score (nSPS) is 10.2. The van der Waals surface area contributed by atoms with E-state index < -0.39 is 0 Å². The predicted molar refractivity (Wildman–Crippen MR) is 75.3 cm³/mol. The molecule has 1 aromatic carbocycles. The molecule has 1 heterocycles. The molecule has 0 aliphatic heterocycles. The van der Waals surface area contributed by atoms with Crippen LogP contribution in [0.4, 0.5) is 11.4 Å². The molecule has 0 bridgehead atoms. The molecule has 0 fully saturated rings. The van der Waals surface area contributed by atoms with Crippen molar-refractivity contribution < 1.29 is 4.79 Å². The number of carbonyl (C=O) groups is 1. The van der Waals surface area contributed by atoms with Gasteiger partial charge in [-0.05, 0) is 35.9 Å². The van der Waals surface area contributed by atoms with Crippen LogP contribution >= 0.6 is 0 Å². The van der Waals surface area contributed by atoms with Gasteiger partial charge in [0.25, 0.3) is 5.91 Å². The van der Waals surface area contributed by atoms with Crippen LogP contribution in [0.5, 0.6) is 0 Å². The van der Waals surface area contributed by atoms with Crippen LogP contribution in [0.1, 0.15) is 15.9 Å². The fourth-order valence-electron chi connectivity index (χ4n) is 1.85. The summed E-state index contributed by atoms with van der Waals surface area (Å²) in [5.74, 6) is -0.115. The van der Waals surface area contributed by atoms with E-state index in [2.05, 4.69) is 4.98 Å². The van der Waals surface area contributed by atoms with Gasteiger partial charge in [-0.3, -0.25) is 9.78 Å². The van der Waals surface area contributed by atoms with Crippen molar-refractivity contribution in [2.45, 2.75) is 6.54 Å². The second-order valence-electron chi connectivity index (χ2n) is 4.41. The Bertz CT molecular complexity index is 563. The van der Waals surface area contributed by atoms with Gasteiger partial charge in [-0.15, -0.1) is 0 Å². The highest BCUT2D eigenvalue weighted by atomic mass is 16.2. The van der Waals surface area contributed by atoms with E-state index in [1.807, 2.05) is 12.1 Å². The van der Waals surface area contributed by atoms with Crippen molar-refractivity contribution in [3.63, 3.8) is 0 Å². The third-order valence-electron chi connectivity index (χ3n) is 2.74. The van der Waals surface area contributed by atoms with E-state index >= 15 is 0 Å². The van der Waals surface area contributed by atoms with Gasteiger partial charge in [0.05, 0.1) is 0 Å². The Morgan fingerprint density at radius 3 is 2.32 bits per heavy atom. The van der Waals surface area contributed by atoms with E-state index in [1.54, 1.807) is 42.5 Å². The molecule has 19 heavy (non-hydrogen) atoms. The Hall–Kier alpha value is -2.56. The van der Waals surface area contributed by atoms with Crippen LogP contribution < -0.4 is 11.5 Å². The molecule has 0 radical (unpaired) electrons. The zero-order valence-corrected chi connectivity index (χ0v) is 10.7. The molecule has 0 atom stereocenters. The minimum absolute atomic E-state index is 0.115. The predicted octanol–water partition coefficient (Wildman–Crippen LogP) is 1.52. The number of aromatic nitrogens is 1. The zero-order chi connectivity index (χ0) is 13.8. The fraction of sp³-hybridized carbons (Fsp3) is 0.143. The maximum Gasteiger partial charge on any atom is 0.254 e. The average Bonchev–Trinajstić information content (AvgIpc) is 2.37. The number of anilines is 2. The van der Waals surface area contributed by atoms with Crippen molar-refractivity contribution in [3.05, 3.63) is 53.9 Å². The summed E-state index contributed by atoms with van der Waals surface area (Å²) in [4.78, 5) is 17.8. The monoisotopic (exact) mass is 256 g/mol. The number of nitrogen functional groups attached to an aromatic ring is 2. The van der Waals surface area contributed by atoms with Crippen LogP contribution in [0.2, 0.25) is 0 Å². The van der Waals surface area contributed by atoms with E-state index in [4.69, 9.17) is 11.5 Å². The number of rotatable bonds is 3. The number of carbonyl (C=O) groups excluding carboxylic acids is 1. The number of hydrogen-bond acceptors (Lipinski definition) is 4. The minimum Gasteiger partial charge on any atom is -0.399 e. The molecule has 0 saturated heterocycles. The summed E-state index contributed by atoms with van der Waals surface area (Å²) in [5.41, 5.74) is 13.9. The summed E-state index contributed by atoms with van der Waals surface area (Å²) < 4.78 is 0. The second-order valence-corrected chi connectivity index (χ2v) is 4.41. The largest absolute Gasteiger partial charge is 0.399 e. The van der Waals surface area contributed by atoms with Gasteiger partial charge in [0.2, 0.25) is 0 Å². The Kier molecular flexibility index (Phi) is 3.66. The molecular formula is C14H16N4O. The highest BCUT2D eigenvalue weighted by Crippen LogP contribution is 2.16. The van der Waals surface area contributed by atoms with Crippen molar-refractivity contribution in [1.29, 1.82) is 0 Å². The van der Waals surface area contributed by atoms with Crippen molar-refractivity contribution in [3.8, 4) is 0 Å². The molecule has 1 amide bonds. The lowest BCUT2D eigenvalue weighted by molar-refractivity contribution is 0.0785. The summed E-state index contributed by atoms with van der Waals surface area (Å²) in [7, 11) is 1.74. The van der Waals surface area contributed by atoms with Crippen molar-refractivity contribution >= 4 is 17.3 Å². The summed E-state index contributed by atoms with van der Waals surface area (Å²) in [6, 6.07) is 8.62. The number of nitrogens with two attached hydrogens (primary N) is 2. The Balaban J connectivity index is 2.15. The molecular weight excluding hydrogens is 240 g/mol. The van der Waals surface area contributed by atoms with E-state index in [0.29, 0.717) is 23.5 Å². The minimum atomic E-state index is -0.115. The van der Waals surface area contributed by atoms with Gasteiger partial charge >= 0.3 is 0 Å². The third-order valence-corrected chi connectivity index (χ3v) is 2.74. The quantitative estimate of drug-likeness (QED) is 0.815. The maximum absolute atomic E-state index is 12.3. The highest BCUT2D eigenvalue weighted by Gasteiger charge is 2.13. The van der Waals surface area contributed by atoms with E-state index in [1.165, 1.54) is 0 Å². The summed E-state index contributed by atoms with van der Waals surface area (Å²) >= 11 is 0. The first-order valence-corrected chi connectivity index (χ1v) is 5.86. The van der Waals surface area contributed by atoms with Gasteiger partial charge in [-0.1, -0.05) is 0 Å². The van der Waals surface area contributed by atoms with Gasteiger partial charge in [-0.2, -0.15) is 0 Å². The average molecular weight is 256 g/mol. The zero-order valence-electron chi connectivity index (χ0n) is 10.7. The Labute approximate surface area is 111 Å². The van der Waals surface area contributed by atoms with Crippen LogP contribution in [0.3, 0.4) is 0 Å². The Morgan fingerprint density at radius 1 is 1.16 bits per heavy atom. The number of pyridine rings is 1. The first kappa shape index (κ1) is 12.9. The molecule has 0 saturated carbocycles. The first-order valence-electron chi connectivity index (χ1n) is 5.86. The summed E-state index contributed by atoms with van der Waals surface area (Å²) in [5, 5.41) is 0. The molecule has 5 heteroatoms. The number of benzene rings is 1. The molecule has 0 spiro atoms. The van der Waals surface area contributed by atoms with Crippen LogP contribution in [-0.4, -0.2) is 22.8 Å². The molecule has 0 aliphatic rings. The molecule has 1 aromatic heterocycles. The molecule has 5 nitrogen and oxygen atoms in total. The smallest absolute Gasteiger partial charge is 0.254 e. The standard InChI is InChI=1S/C14H16N4O/c1-18(9-10-2-4-17-5-3-10)14(19)11-6-12(15)8-13(16)7-11/h2-8H,9,15-16H2,1H3. The van der Waals surface area contributed by atoms with Crippen LogP contribution in [0, 0.1) is 0 Å². The third kappa shape index (κ3) is 3.22. The van der Waals surface area contributed by atoms with Gasteiger partial charge in [-0.25, -0.2) is 0 Å². The topological polar surface area (TPSA) is 85.2 Å². The SMILES string of the molecule is CN(Cc1ccncc1)C(=O)c1cc(N)cc(N)c1.